The number of ether oxygens (including phenoxy) is 1. The SMILES string of the molecule is COc1ccc(Cl)cc1NC(=O)[C@@H]1CCC[C@@H]1CN. The summed E-state index contributed by atoms with van der Waals surface area (Å²) in [5.41, 5.74) is 6.32. The van der Waals surface area contributed by atoms with Crippen molar-refractivity contribution in [1.29, 1.82) is 0 Å². The molecule has 2 atom stereocenters. The highest BCUT2D eigenvalue weighted by Gasteiger charge is 2.32. The predicted molar refractivity (Wildman–Crippen MR) is 76.5 cm³/mol. The van der Waals surface area contributed by atoms with E-state index in [9.17, 15) is 4.79 Å². The monoisotopic (exact) mass is 282 g/mol. The lowest BCUT2D eigenvalue weighted by atomic mass is 9.95. The summed E-state index contributed by atoms with van der Waals surface area (Å²) in [7, 11) is 1.57. The average Bonchev–Trinajstić information content (AvgIpc) is 2.87. The second-order valence-electron chi connectivity index (χ2n) is 4.87. The standard InChI is InChI=1S/C14H19ClN2O2/c1-19-13-6-5-10(15)7-12(13)17-14(18)11-4-2-3-9(11)8-16/h5-7,9,11H,2-4,8,16H2,1H3,(H,17,18)/t9-,11-/m1/s1. The first-order valence-corrected chi connectivity index (χ1v) is 6.88. The van der Waals surface area contributed by atoms with Crippen LogP contribution < -0.4 is 15.8 Å². The zero-order valence-corrected chi connectivity index (χ0v) is 11.7. The van der Waals surface area contributed by atoms with Gasteiger partial charge in [-0.05, 0) is 43.5 Å². The van der Waals surface area contributed by atoms with Gasteiger partial charge in [-0.15, -0.1) is 0 Å². The largest absolute Gasteiger partial charge is 0.495 e. The van der Waals surface area contributed by atoms with E-state index < -0.39 is 0 Å². The van der Waals surface area contributed by atoms with E-state index >= 15 is 0 Å². The molecule has 0 radical (unpaired) electrons. The van der Waals surface area contributed by atoms with Crippen LogP contribution in [0.5, 0.6) is 5.75 Å². The molecule has 0 bridgehead atoms. The van der Waals surface area contributed by atoms with Gasteiger partial charge in [0.25, 0.3) is 0 Å². The molecule has 4 nitrogen and oxygen atoms in total. The maximum Gasteiger partial charge on any atom is 0.227 e. The third kappa shape index (κ3) is 3.19. The first-order chi connectivity index (χ1) is 9.15. The van der Waals surface area contributed by atoms with Crippen molar-refractivity contribution >= 4 is 23.2 Å². The van der Waals surface area contributed by atoms with Crippen LogP contribution in [0.25, 0.3) is 0 Å². The third-order valence-corrected chi connectivity index (χ3v) is 3.95. The number of hydrogen-bond acceptors (Lipinski definition) is 3. The molecule has 1 fully saturated rings. The maximum atomic E-state index is 12.3. The highest BCUT2D eigenvalue weighted by atomic mass is 35.5. The fourth-order valence-electron chi connectivity index (χ4n) is 2.67. The fourth-order valence-corrected chi connectivity index (χ4v) is 2.84. The van der Waals surface area contributed by atoms with Gasteiger partial charge in [-0.2, -0.15) is 0 Å². The molecule has 1 amide bonds. The van der Waals surface area contributed by atoms with Crippen molar-refractivity contribution in [3.63, 3.8) is 0 Å². The zero-order chi connectivity index (χ0) is 13.8. The summed E-state index contributed by atoms with van der Waals surface area (Å²) in [6.07, 6.45) is 2.99. The Hall–Kier alpha value is -1.26. The quantitative estimate of drug-likeness (QED) is 0.892. The van der Waals surface area contributed by atoms with Crippen LogP contribution >= 0.6 is 11.6 Å². The molecule has 19 heavy (non-hydrogen) atoms. The molecular formula is C14H19ClN2O2. The van der Waals surface area contributed by atoms with E-state index in [2.05, 4.69) is 5.32 Å². The number of rotatable bonds is 4. The van der Waals surface area contributed by atoms with E-state index in [0.29, 0.717) is 23.0 Å². The number of carbonyl (C=O) groups excluding carboxylic acids is 1. The van der Waals surface area contributed by atoms with Gasteiger partial charge in [0.05, 0.1) is 12.8 Å². The van der Waals surface area contributed by atoms with Gasteiger partial charge in [-0.3, -0.25) is 4.79 Å². The molecule has 0 heterocycles. The Balaban J connectivity index is 2.12. The second kappa shape index (κ2) is 6.26. The predicted octanol–water partition coefficient (Wildman–Crippen LogP) is 2.66. The number of benzene rings is 1. The van der Waals surface area contributed by atoms with Gasteiger partial charge in [0, 0.05) is 10.9 Å². The Labute approximate surface area is 118 Å². The lowest BCUT2D eigenvalue weighted by Crippen LogP contribution is -2.29. The Kier molecular flexibility index (Phi) is 4.66. The van der Waals surface area contributed by atoms with Gasteiger partial charge in [0.15, 0.2) is 0 Å². The number of carbonyl (C=O) groups is 1. The number of methoxy groups -OCH3 is 1. The molecule has 2 rings (SSSR count). The Morgan fingerprint density at radius 3 is 3.00 bits per heavy atom. The summed E-state index contributed by atoms with van der Waals surface area (Å²) >= 11 is 5.95. The summed E-state index contributed by atoms with van der Waals surface area (Å²) in [4.78, 5) is 12.3. The van der Waals surface area contributed by atoms with Crippen LogP contribution in [0, 0.1) is 11.8 Å². The van der Waals surface area contributed by atoms with Crippen molar-refractivity contribution in [3.05, 3.63) is 23.2 Å². The van der Waals surface area contributed by atoms with Crippen LogP contribution in [0.3, 0.4) is 0 Å². The Morgan fingerprint density at radius 1 is 1.53 bits per heavy atom. The molecule has 104 valence electrons. The number of halogens is 1. The van der Waals surface area contributed by atoms with E-state index in [-0.39, 0.29) is 17.7 Å². The molecule has 3 N–H and O–H groups in total. The maximum absolute atomic E-state index is 12.3. The fraction of sp³-hybridized carbons (Fsp3) is 0.500. The summed E-state index contributed by atoms with van der Waals surface area (Å²) in [5, 5.41) is 3.47. The van der Waals surface area contributed by atoms with E-state index in [1.807, 2.05) is 0 Å². The molecule has 0 aromatic heterocycles. The number of nitrogens with one attached hydrogen (secondary N) is 1. The van der Waals surface area contributed by atoms with E-state index in [0.717, 1.165) is 19.3 Å². The van der Waals surface area contributed by atoms with Crippen LogP contribution in [-0.4, -0.2) is 19.6 Å². The van der Waals surface area contributed by atoms with Crippen molar-refractivity contribution in [2.75, 3.05) is 19.0 Å². The lowest BCUT2D eigenvalue weighted by Gasteiger charge is -2.18. The van der Waals surface area contributed by atoms with Gasteiger partial charge in [0.2, 0.25) is 5.91 Å². The van der Waals surface area contributed by atoms with E-state index in [1.165, 1.54) is 0 Å². The summed E-state index contributed by atoms with van der Waals surface area (Å²) in [6, 6.07) is 5.17. The molecule has 1 saturated carbocycles. The molecule has 5 heteroatoms. The van der Waals surface area contributed by atoms with Crippen LogP contribution in [0.1, 0.15) is 19.3 Å². The summed E-state index contributed by atoms with van der Waals surface area (Å²) < 4.78 is 5.22. The van der Waals surface area contributed by atoms with Crippen molar-refractivity contribution in [2.45, 2.75) is 19.3 Å². The molecule has 1 aliphatic carbocycles. The van der Waals surface area contributed by atoms with Gasteiger partial charge in [0.1, 0.15) is 5.75 Å². The second-order valence-corrected chi connectivity index (χ2v) is 5.30. The van der Waals surface area contributed by atoms with Crippen molar-refractivity contribution in [1.82, 2.24) is 0 Å². The minimum absolute atomic E-state index is 0.00584. The topological polar surface area (TPSA) is 64.3 Å². The van der Waals surface area contributed by atoms with Gasteiger partial charge < -0.3 is 15.8 Å². The number of amides is 1. The minimum Gasteiger partial charge on any atom is -0.495 e. The van der Waals surface area contributed by atoms with Crippen molar-refractivity contribution in [2.24, 2.45) is 17.6 Å². The molecule has 1 aromatic rings. The highest BCUT2D eigenvalue weighted by Crippen LogP contribution is 2.34. The van der Waals surface area contributed by atoms with Crippen molar-refractivity contribution < 1.29 is 9.53 Å². The zero-order valence-electron chi connectivity index (χ0n) is 11.0. The Morgan fingerprint density at radius 2 is 2.32 bits per heavy atom. The first-order valence-electron chi connectivity index (χ1n) is 6.50. The van der Waals surface area contributed by atoms with Crippen LogP contribution in [-0.2, 0) is 4.79 Å². The molecule has 0 unspecified atom stereocenters. The normalized spacial score (nSPS) is 22.3. The van der Waals surface area contributed by atoms with Gasteiger partial charge >= 0.3 is 0 Å². The van der Waals surface area contributed by atoms with Crippen LogP contribution in [0.15, 0.2) is 18.2 Å². The number of hydrogen-bond donors (Lipinski definition) is 2. The van der Waals surface area contributed by atoms with Crippen LogP contribution in [0.2, 0.25) is 5.02 Å². The van der Waals surface area contributed by atoms with E-state index in [4.69, 9.17) is 22.1 Å². The molecule has 1 aromatic carbocycles. The molecule has 0 spiro atoms. The smallest absolute Gasteiger partial charge is 0.227 e. The summed E-state index contributed by atoms with van der Waals surface area (Å²) in [6.45, 7) is 0.560. The van der Waals surface area contributed by atoms with E-state index in [1.54, 1.807) is 25.3 Å². The molecule has 0 aliphatic heterocycles. The van der Waals surface area contributed by atoms with Gasteiger partial charge in [-0.1, -0.05) is 18.0 Å². The molecule has 1 aliphatic rings. The summed E-state index contributed by atoms with van der Waals surface area (Å²) in [5.74, 6) is 0.896. The van der Waals surface area contributed by atoms with Crippen molar-refractivity contribution in [3.8, 4) is 5.75 Å². The number of nitrogens with two attached hydrogens (primary N) is 1. The lowest BCUT2D eigenvalue weighted by molar-refractivity contribution is -0.120. The van der Waals surface area contributed by atoms with Crippen LogP contribution in [0.4, 0.5) is 5.69 Å². The molecule has 0 saturated heterocycles. The average molecular weight is 283 g/mol. The Bertz CT molecular complexity index is 465. The molecular weight excluding hydrogens is 264 g/mol. The highest BCUT2D eigenvalue weighted by molar-refractivity contribution is 6.31. The number of anilines is 1. The third-order valence-electron chi connectivity index (χ3n) is 3.72. The minimum atomic E-state index is -0.00584. The van der Waals surface area contributed by atoms with Gasteiger partial charge in [-0.25, -0.2) is 0 Å². The first kappa shape index (κ1) is 14.2.